The molecule has 4 aromatic heterocycles. The highest BCUT2D eigenvalue weighted by Gasteiger charge is 2.31. The van der Waals surface area contributed by atoms with Crippen LogP contribution < -0.4 is 15.4 Å². The Morgan fingerprint density at radius 3 is 2.75 bits per heavy atom. The summed E-state index contributed by atoms with van der Waals surface area (Å²) in [6, 6.07) is 7.84. The smallest absolute Gasteiger partial charge is 0.262 e. The summed E-state index contributed by atoms with van der Waals surface area (Å²) in [4.78, 5) is 8.73. The second-order valence-electron chi connectivity index (χ2n) is 7.89. The average molecular weight is 435 g/mol. The first-order valence-corrected chi connectivity index (χ1v) is 10.5. The van der Waals surface area contributed by atoms with Gasteiger partial charge in [0.2, 0.25) is 0 Å². The zero-order valence-corrected chi connectivity index (χ0v) is 18.4. The Balaban J connectivity index is 1.44. The highest BCUT2D eigenvalue weighted by molar-refractivity contribution is 5.75. The molecule has 0 aliphatic carbocycles. The van der Waals surface area contributed by atoms with Gasteiger partial charge in [0.05, 0.1) is 11.1 Å². The Morgan fingerprint density at radius 1 is 1.09 bits per heavy atom. The van der Waals surface area contributed by atoms with Crippen LogP contribution in [0.15, 0.2) is 35.0 Å². The number of ether oxygens (including phenoxy) is 2. The van der Waals surface area contributed by atoms with Gasteiger partial charge in [0.25, 0.3) is 5.88 Å². The van der Waals surface area contributed by atoms with Crippen molar-refractivity contribution in [2.24, 2.45) is 0 Å². The standard InChI is InChI=1S/C22H25N7O3/c1-12-7-19(25-14(3)24-12)26-20-9-16-8-15(5-6-29(16)27-20)21-13(2)32-28-22(21)31-18-11-23-10-17(18)30-4/h5-9,17-18,23H,10-11H2,1-4H3,(H,24,25,26,27)/t17-,18+/m0/s1. The minimum atomic E-state index is -0.127. The number of nitrogens with one attached hydrogen (secondary N) is 2. The Morgan fingerprint density at radius 2 is 1.94 bits per heavy atom. The molecular weight excluding hydrogens is 410 g/mol. The molecule has 5 heterocycles. The number of pyridine rings is 1. The Hall–Kier alpha value is -3.50. The van der Waals surface area contributed by atoms with E-state index >= 15 is 0 Å². The monoisotopic (exact) mass is 435 g/mol. The number of aromatic nitrogens is 5. The molecule has 166 valence electrons. The van der Waals surface area contributed by atoms with E-state index in [9.17, 15) is 0 Å². The van der Waals surface area contributed by atoms with Crippen LogP contribution in [0.4, 0.5) is 11.6 Å². The van der Waals surface area contributed by atoms with Crippen molar-refractivity contribution in [2.45, 2.75) is 33.0 Å². The van der Waals surface area contributed by atoms with E-state index in [1.54, 1.807) is 11.6 Å². The molecule has 32 heavy (non-hydrogen) atoms. The second kappa shape index (κ2) is 8.21. The quantitative estimate of drug-likeness (QED) is 0.472. The Bertz CT molecular complexity index is 1250. The summed E-state index contributed by atoms with van der Waals surface area (Å²) in [6.07, 6.45) is 1.75. The topological polar surface area (TPSA) is 112 Å². The maximum Gasteiger partial charge on any atom is 0.262 e. The minimum Gasteiger partial charge on any atom is -0.468 e. The Labute approximate surface area is 184 Å². The fraction of sp³-hybridized carbons (Fsp3) is 0.364. The molecule has 4 aromatic rings. The van der Waals surface area contributed by atoms with Crippen molar-refractivity contribution in [1.82, 2.24) is 30.1 Å². The van der Waals surface area contributed by atoms with Gasteiger partial charge in [-0.2, -0.15) is 5.10 Å². The van der Waals surface area contributed by atoms with E-state index in [1.807, 2.05) is 51.2 Å². The van der Waals surface area contributed by atoms with Crippen molar-refractivity contribution in [3.63, 3.8) is 0 Å². The Kier molecular flexibility index (Phi) is 5.24. The SMILES string of the molecule is CO[C@H]1CNC[C@H]1Oc1noc(C)c1-c1ccn2nc(Nc3cc(C)nc(C)n3)cc2c1. The molecule has 1 aliphatic heterocycles. The predicted molar refractivity (Wildman–Crippen MR) is 118 cm³/mol. The minimum absolute atomic E-state index is 0.0279. The molecule has 0 bridgehead atoms. The number of fused-ring (bicyclic) bond motifs is 1. The molecule has 0 unspecified atom stereocenters. The largest absolute Gasteiger partial charge is 0.468 e. The predicted octanol–water partition coefficient (Wildman–Crippen LogP) is 2.81. The molecule has 1 aliphatic rings. The van der Waals surface area contributed by atoms with E-state index in [0.29, 0.717) is 35.6 Å². The van der Waals surface area contributed by atoms with Gasteiger partial charge in [-0.25, -0.2) is 14.5 Å². The van der Waals surface area contributed by atoms with Crippen LogP contribution in [0.5, 0.6) is 5.88 Å². The van der Waals surface area contributed by atoms with Crippen molar-refractivity contribution in [2.75, 3.05) is 25.5 Å². The summed E-state index contributed by atoms with van der Waals surface area (Å²) in [7, 11) is 1.69. The second-order valence-corrected chi connectivity index (χ2v) is 7.89. The average Bonchev–Trinajstić information content (AvgIpc) is 3.45. The lowest BCUT2D eigenvalue weighted by Gasteiger charge is -2.17. The van der Waals surface area contributed by atoms with E-state index < -0.39 is 0 Å². The van der Waals surface area contributed by atoms with Crippen molar-refractivity contribution in [3.8, 4) is 17.0 Å². The molecule has 0 amide bonds. The van der Waals surface area contributed by atoms with Crippen LogP contribution in [0.25, 0.3) is 16.6 Å². The summed E-state index contributed by atoms with van der Waals surface area (Å²) in [6.45, 7) is 7.13. The van der Waals surface area contributed by atoms with Crippen molar-refractivity contribution in [3.05, 3.63) is 47.7 Å². The fourth-order valence-electron chi connectivity index (χ4n) is 4.01. The number of anilines is 2. The molecule has 10 heteroatoms. The number of aryl methyl sites for hydroxylation is 3. The van der Waals surface area contributed by atoms with Gasteiger partial charge in [-0.05, 0) is 43.6 Å². The maximum absolute atomic E-state index is 6.16. The third-order valence-electron chi connectivity index (χ3n) is 5.48. The number of methoxy groups -OCH3 is 1. The van der Waals surface area contributed by atoms with Crippen LogP contribution in [0.2, 0.25) is 0 Å². The lowest BCUT2D eigenvalue weighted by molar-refractivity contribution is 0.0312. The van der Waals surface area contributed by atoms with E-state index in [1.165, 1.54) is 0 Å². The first-order chi connectivity index (χ1) is 15.5. The van der Waals surface area contributed by atoms with Crippen LogP contribution in [-0.2, 0) is 4.74 Å². The molecule has 0 aromatic carbocycles. The molecule has 0 radical (unpaired) electrons. The fourth-order valence-corrected chi connectivity index (χ4v) is 4.01. The molecule has 1 fully saturated rings. The van der Waals surface area contributed by atoms with E-state index in [-0.39, 0.29) is 12.2 Å². The molecule has 1 saturated heterocycles. The van der Waals surface area contributed by atoms with Crippen molar-refractivity contribution >= 4 is 17.2 Å². The molecule has 5 rings (SSSR count). The van der Waals surface area contributed by atoms with Crippen LogP contribution in [-0.4, -0.2) is 57.1 Å². The highest BCUT2D eigenvalue weighted by atomic mass is 16.6. The molecule has 2 atom stereocenters. The lowest BCUT2D eigenvalue weighted by atomic mass is 10.1. The molecule has 10 nitrogen and oxygen atoms in total. The summed E-state index contributed by atoms with van der Waals surface area (Å²) >= 11 is 0. The van der Waals surface area contributed by atoms with Gasteiger partial charge < -0.3 is 24.6 Å². The van der Waals surface area contributed by atoms with Crippen molar-refractivity contribution in [1.29, 1.82) is 0 Å². The number of hydrogen-bond acceptors (Lipinski definition) is 9. The van der Waals surface area contributed by atoms with Crippen LogP contribution in [0, 0.1) is 20.8 Å². The van der Waals surface area contributed by atoms with Gasteiger partial charge in [0, 0.05) is 44.2 Å². The third kappa shape index (κ3) is 3.90. The number of nitrogens with zero attached hydrogens (tertiary/aromatic N) is 5. The lowest BCUT2D eigenvalue weighted by Crippen LogP contribution is -2.31. The normalized spacial score (nSPS) is 18.4. The van der Waals surface area contributed by atoms with Crippen molar-refractivity contribution < 1.29 is 14.0 Å². The highest BCUT2D eigenvalue weighted by Crippen LogP contribution is 2.34. The van der Waals surface area contributed by atoms with Gasteiger partial charge in [-0.1, -0.05) is 0 Å². The van der Waals surface area contributed by atoms with Crippen LogP contribution in [0.1, 0.15) is 17.3 Å². The zero-order chi connectivity index (χ0) is 22.2. The summed E-state index contributed by atoms with van der Waals surface area (Å²) in [5.41, 5.74) is 3.57. The van der Waals surface area contributed by atoms with Gasteiger partial charge in [-0.15, -0.1) is 0 Å². The number of hydrogen-bond donors (Lipinski definition) is 2. The summed E-state index contributed by atoms with van der Waals surface area (Å²) < 4.78 is 18.9. The molecule has 2 N–H and O–H groups in total. The van der Waals surface area contributed by atoms with E-state index in [4.69, 9.17) is 14.0 Å². The van der Waals surface area contributed by atoms with Gasteiger partial charge in [-0.3, -0.25) is 0 Å². The van der Waals surface area contributed by atoms with E-state index in [0.717, 1.165) is 28.9 Å². The first kappa shape index (κ1) is 20.4. The number of rotatable bonds is 6. The maximum atomic E-state index is 6.16. The van der Waals surface area contributed by atoms with Crippen LogP contribution in [0.3, 0.4) is 0 Å². The summed E-state index contributed by atoms with van der Waals surface area (Å²) in [5.74, 6) is 3.27. The van der Waals surface area contributed by atoms with Gasteiger partial charge in [0.1, 0.15) is 29.6 Å². The third-order valence-corrected chi connectivity index (χ3v) is 5.48. The summed E-state index contributed by atoms with van der Waals surface area (Å²) in [5, 5.41) is 15.3. The zero-order valence-electron chi connectivity index (χ0n) is 18.4. The molecular formula is C22H25N7O3. The van der Waals surface area contributed by atoms with E-state index in [2.05, 4.69) is 30.9 Å². The van der Waals surface area contributed by atoms with Crippen LogP contribution >= 0.6 is 0 Å². The molecule has 0 spiro atoms. The van der Waals surface area contributed by atoms with Gasteiger partial charge in [0.15, 0.2) is 5.82 Å². The molecule has 0 saturated carbocycles. The van der Waals surface area contributed by atoms with Gasteiger partial charge >= 0.3 is 0 Å². The first-order valence-electron chi connectivity index (χ1n) is 10.5.